The van der Waals surface area contributed by atoms with E-state index in [9.17, 15) is 12.8 Å². The highest BCUT2D eigenvalue weighted by Crippen LogP contribution is 2.27. The number of rotatable bonds is 7. The normalized spacial score (nSPS) is 11.3. The van der Waals surface area contributed by atoms with Crippen LogP contribution in [0.15, 0.2) is 36.7 Å². The van der Waals surface area contributed by atoms with Gasteiger partial charge >= 0.3 is 0 Å². The molecule has 0 amide bonds. The first kappa shape index (κ1) is 19.5. The van der Waals surface area contributed by atoms with Crippen LogP contribution >= 0.6 is 0 Å². The molecule has 0 spiro atoms. The summed E-state index contributed by atoms with van der Waals surface area (Å²) in [5, 5.41) is 10.1. The van der Waals surface area contributed by atoms with Crippen LogP contribution < -0.4 is 15.4 Å². The molecule has 0 atom stereocenters. The first-order valence-corrected chi connectivity index (χ1v) is 10.3. The molecule has 0 aliphatic heterocycles. The average molecular weight is 405 g/mol. The van der Waals surface area contributed by atoms with Gasteiger partial charge in [-0.3, -0.25) is 9.40 Å². The van der Waals surface area contributed by atoms with Gasteiger partial charge in [-0.1, -0.05) is 12.1 Å². The molecule has 3 rings (SSSR count). The van der Waals surface area contributed by atoms with E-state index < -0.39 is 15.8 Å². The highest BCUT2D eigenvalue weighted by atomic mass is 32.2. The van der Waals surface area contributed by atoms with Gasteiger partial charge in [0.1, 0.15) is 0 Å². The van der Waals surface area contributed by atoms with Gasteiger partial charge in [0.05, 0.1) is 35.2 Å². The summed E-state index contributed by atoms with van der Waals surface area (Å²) in [7, 11) is -3.49. The van der Waals surface area contributed by atoms with Crippen LogP contribution in [0.25, 0.3) is 0 Å². The zero-order valence-corrected chi connectivity index (χ0v) is 16.4. The monoisotopic (exact) mass is 405 g/mol. The van der Waals surface area contributed by atoms with E-state index in [1.807, 2.05) is 13.8 Å². The maximum absolute atomic E-state index is 14.2. The summed E-state index contributed by atoms with van der Waals surface area (Å²) in [5.74, 6) is -0.599. The first-order chi connectivity index (χ1) is 13.2. The van der Waals surface area contributed by atoms with Crippen molar-refractivity contribution in [2.45, 2.75) is 20.4 Å². The molecule has 2 aromatic heterocycles. The fraction of sp³-hybridized carbons (Fsp3) is 0.235. The van der Waals surface area contributed by atoms with Crippen molar-refractivity contribution in [3.63, 3.8) is 0 Å². The van der Waals surface area contributed by atoms with E-state index >= 15 is 0 Å². The summed E-state index contributed by atoms with van der Waals surface area (Å²) in [4.78, 5) is 8.10. The fourth-order valence-electron chi connectivity index (χ4n) is 2.45. The minimum Gasteiger partial charge on any atom is -0.336 e. The molecule has 0 fully saturated rings. The molecule has 0 aliphatic carbocycles. The van der Waals surface area contributed by atoms with Crippen molar-refractivity contribution in [2.24, 2.45) is 0 Å². The van der Waals surface area contributed by atoms with Crippen molar-refractivity contribution in [1.82, 2.24) is 19.7 Å². The molecule has 0 radical (unpaired) electrons. The first-order valence-electron chi connectivity index (χ1n) is 8.42. The third-order valence-electron chi connectivity index (χ3n) is 3.74. The lowest BCUT2D eigenvalue weighted by Crippen LogP contribution is -2.11. The quantitative estimate of drug-likeness (QED) is 0.554. The Morgan fingerprint density at radius 3 is 2.50 bits per heavy atom. The van der Waals surface area contributed by atoms with Crippen LogP contribution in [0, 0.1) is 12.7 Å². The molecule has 11 heteroatoms. The minimum atomic E-state index is -3.49. The molecule has 0 saturated carbocycles. The average Bonchev–Trinajstić information content (AvgIpc) is 2.98. The SMILES string of the molecule is CCn1cc(Nc2ncc(F)c(Nc3ccccc3NS(C)(=O)=O)n2)c(C)n1. The second-order valence-corrected chi connectivity index (χ2v) is 7.79. The van der Waals surface area contributed by atoms with E-state index in [0.717, 1.165) is 18.1 Å². The predicted molar refractivity (Wildman–Crippen MR) is 106 cm³/mol. The van der Waals surface area contributed by atoms with E-state index in [-0.39, 0.29) is 17.5 Å². The molecular weight excluding hydrogens is 385 g/mol. The zero-order valence-electron chi connectivity index (χ0n) is 15.6. The molecule has 28 heavy (non-hydrogen) atoms. The van der Waals surface area contributed by atoms with E-state index in [0.29, 0.717) is 17.9 Å². The van der Waals surface area contributed by atoms with Crippen molar-refractivity contribution < 1.29 is 12.8 Å². The Morgan fingerprint density at radius 1 is 1.14 bits per heavy atom. The standard InChI is InChI=1S/C17H20FN7O2S/c1-4-25-10-15(11(2)23-25)21-17-19-9-12(18)16(22-17)20-13-7-5-6-8-14(13)24-28(3,26)27/h5-10,24H,4H2,1-3H3,(H2,19,20,21,22). The molecule has 3 N–H and O–H groups in total. The van der Waals surface area contributed by atoms with Crippen LogP contribution in [0.3, 0.4) is 0 Å². The number of sulfonamides is 1. The van der Waals surface area contributed by atoms with Crippen LogP contribution in [0.2, 0.25) is 0 Å². The number of hydrogen-bond acceptors (Lipinski definition) is 7. The number of anilines is 5. The summed E-state index contributed by atoms with van der Waals surface area (Å²) in [6.07, 6.45) is 3.88. The fourth-order valence-corrected chi connectivity index (χ4v) is 3.02. The topological polar surface area (TPSA) is 114 Å². The van der Waals surface area contributed by atoms with Gasteiger partial charge in [-0.15, -0.1) is 0 Å². The second-order valence-electron chi connectivity index (χ2n) is 6.04. The van der Waals surface area contributed by atoms with Crippen molar-refractivity contribution >= 4 is 38.9 Å². The number of aromatic nitrogens is 4. The van der Waals surface area contributed by atoms with Crippen molar-refractivity contribution in [2.75, 3.05) is 21.6 Å². The number of nitrogens with one attached hydrogen (secondary N) is 3. The lowest BCUT2D eigenvalue weighted by atomic mass is 10.2. The Balaban J connectivity index is 1.88. The number of aryl methyl sites for hydroxylation is 2. The van der Waals surface area contributed by atoms with Crippen LogP contribution in [-0.4, -0.2) is 34.4 Å². The van der Waals surface area contributed by atoms with Gasteiger partial charge in [0, 0.05) is 12.7 Å². The lowest BCUT2D eigenvalue weighted by molar-refractivity contribution is 0.607. The maximum atomic E-state index is 14.2. The molecule has 0 saturated heterocycles. The molecule has 148 valence electrons. The highest BCUT2D eigenvalue weighted by molar-refractivity contribution is 7.92. The van der Waals surface area contributed by atoms with Gasteiger partial charge in [0.25, 0.3) is 0 Å². The minimum absolute atomic E-state index is 0.0965. The van der Waals surface area contributed by atoms with Crippen molar-refractivity contribution in [3.8, 4) is 0 Å². The summed E-state index contributed by atoms with van der Waals surface area (Å²) < 4.78 is 41.4. The van der Waals surface area contributed by atoms with Gasteiger partial charge in [-0.25, -0.2) is 17.8 Å². The van der Waals surface area contributed by atoms with Gasteiger partial charge in [-0.05, 0) is 26.0 Å². The van der Waals surface area contributed by atoms with Gasteiger partial charge in [-0.2, -0.15) is 10.1 Å². The summed E-state index contributed by atoms with van der Waals surface area (Å²) in [6, 6.07) is 6.52. The van der Waals surface area contributed by atoms with Crippen molar-refractivity contribution in [3.05, 3.63) is 48.2 Å². The summed E-state index contributed by atoms with van der Waals surface area (Å²) in [6.45, 7) is 4.52. The van der Waals surface area contributed by atoms with Crippen LogP contribution in [-0.2, 0) is 16.6 Å². The largest absolute Gasteiger partial charge is 0.336 e. The Kier molecular flexibility index (Phi) is 5.45. The number of benzene rings is 1. The zero-order chi connectivity index (χ0) is 20.3. The van der Waals surface area contributed by atoms with Crippen molar-refractivity contribution in [1.29, 1.82) is 0 Å². The Morgan fingerprint density at radius 2 is 1.86 bits per heavy atom. The van der Waals surface area contributed by atoms with E-state index in [1.54, 1.807) is 35.1 Å². The number of nitrogens with zero attached hydrogens (tertiary/aromatic N) is 4. The summed E-state index contributed by atoms with van der Waals surface area (Å²) in [5.41, 5.74) is 2.09. The van der Waals surface area contributed by atoms with Gasteiger partial charge in [0.2, 0.25) is 16.0 Å². The predicted octanol–water partition coefficient (Wildman–Crippen LogP) is 3.00. The third-order valence-corrected chi connectivity index (χ3v) is 4.33. The van der Waals surface area contributed by atoms with E-state index in [4.69, 9.17) is 0 Å². The van der Waals surface area contributed by atoms with Gasteiger partial charge in [0.15, 0.2) is 11.6 Å². The lowest BCUT2D eigenvalue weighted by Gasteiger charge is -2.13. The van der Waals surface area contributed by atoms with E-state index in [1.165, 1.54) is 0 Å². The molecule has 2 heterocycles. The van der Waals surface area contributed by atoms with Crippen LogP contribution in [0.5, 0.6) is 0 Å². The van der Waals surface area contributed by atoms with E-state index in [2.05, 4.69) is 30.4 Å². The molecular formula is C17H20FN7O2S. The Bertz CT molecular complexity index is 1100. The molecule has 3 aromatic rings. The van der Waals surface area contributed by atoms with Crippen LogP contribution in [0.4, 0.5) is 33.2 Å². The smallest absolute Gasteiger partial charge is 0.229 e. The maximum Gasteiger partial charge on any atom is 0.229 e. The highest BCUT2D eigenvalue weighted by Gasteiger charge is 2.13. The molecule has 0 bridgehead atoms. The summed E-state index contributed by atoms with van der Waals surface area (Å²) >= 11 is 0. The number of para-hydroxylation sites is 2. The molecule has 0 unspecified atom stereocenters. The molecule has 0 aliphatic rings. The Hall–Kier alpha value is -3.21. The number of hydrogen-bond donors (Lipinski definition) is 3. The molecule has 1 aromatic carbocycles. The third kappa shape index (κ3) is 4.74. The van der Waals surface area contributed by atoms with Crippen LogP contribution in [0.1, 0.15) is 12.6 Å². The van der Waals surface area contributed by atoms with Gasteiger partial charge < -0.3 is 10.6 Å². The second kappa shape index (κ2) is 7.80. The number of halogens is 1. The molecule has 9 nitrogen and oxygen atoms in total. The Labute approximate surface area is 162 Å².